The van der Waals surface area contributed by atoms with E-state index in [9.17, 15) is 22.8 Å². The molecule has 10 nitrogen and oxygen atoms in total. The lowest BCUT2D eigenvalue weighted by Gasteiger charge is -2.18. The second-order valence-electron chi connectivity index (χ2n) is 7.87. The van der Waals surface area contributed by atoms with Crippen LogP contribution in [0, 0.1) is 10.9 Å². The van der Waals surface area contributed by atoms with Gasteiger partial charge in [0.2, 0.25) is 5.28 Å². The largest absolute Gasteiger partial charge is 0.416 e. The molecule has 3 aromatic rings. The summed E-state index contributed by atoms with van der Waals surface area (Å²) in [5.74, 6) is -0.108. The molecule has 0 fully saturated rings. The first kappa shape index (κ1) is 26.1. The van der Waals surface area contributed by atoms with E-state index in [1.165, 1.54) is 16.7 Å². The van der Waals surface area contributed by atoms with Crippen LogP contribution in [-0.2, 0) is 25.7 Å². The topological polar surface area (TPSA) is 136 Å². The summed E-state index contributed by atoms with van der Waals surface area (Å²) < 4.78 is 40.6. The number of alkyl halides is 3. The summed E-state index contributed by atoms with van der Waals surface area (Å²) in [6.45, 7) is 2.37. The molecule has 14 heteroatoms. The number of fused-ring (bicyclic) bond motifs is 1. The third kappa shape index (κ3) is 5.96. The molecule has 3 rings (SSSR count). The molecule has 2 aromatic heterocycles. The van der Waals surface area contributed by atoms with Crippen LogP contribution in [0.15, 0.2) is 39.1 Å². The highest BCUT2D eigenvalue weighted by molar-refractivity contribution is 6.28. The van der Waals surface area contributed by atoms with Gasteiger partial charge >= 0.3 is 11.9 Å². The quantitative estimate of drug-likeness (QED) is 0.123. The Balaban J connectivity index is 1.71. The Bertz CT molecular complexity index is 1330. The molecule has 0 aliphatic carbocycles. The van der Waals surface area contributed by atoms with Crippen molar-refractivity contribution in [2.75, 3.05) is 6.54 Å². The van der Waals surface area contributed by atoms with E-state index in [0.29, 0.717) is 18.5 Å². The number of aromatic nitrogens is 4. The van der Waals surface area contributed by atoms with Crippen molar-refractivity contribution in [3.05, 3.63) is 61.5 Å². The average Bonchev–Trinajstić information content (AvgIpc) is 3.20. The smallest absolute Gasteiger partial charge is 0.323 e. The van der Waals surface area contributed by atoms with Gasteiger partial charge in [-0.2, -0.15) is 23.7 Å². The molecule has 0 bridgehead atoms. The third-order valence-corrected chi connectivity index (χ3v) is 5.58. The molecule has 0 saturated carbocycles. The number of nitrogens with one attached hydrogen (secondary N) is 3. The minimum Gasteiger partial charge on any atom is -0.323 e. The van der Waals surface area contributed by atoms with Crippen LogP contribution in [0.3, 0.4) is 0 Å². The van der Waals surface area contributed by atoms with Crippen molar-refractivity contribution < 1.29 is 13.2 Å². The summed E-state index contributed by atoms with van der Waals surface area (Å²) in [6, 6.07) is 4.39. The number of amidine groups is 1. The predicted octanol–water partition coefficient (Wildman–Crippen LogP) is 4.22. The van der Waals surface area contributed by atoms with Crippen molar-refractivity contribution in [2.45, 2.75) is 51.9 Å². The molecule has 0 radical (unpaired) electrons. The lowest BCUT2D eigenvalue weighted by Crippen LogP contribution is -2.41. The van der Waals surface area contributed by atoms with Gasteiger partial charge in [-0.3, -0.25) is 19.3 Å². The molecule has 2 heterocycles. The van der Waals surface area contributed by atoms with Crippen LogP contribution in [0.5, 0.6) is 0 Å². The van der Waals surface area contributed by atoms with Gasteiger partial charge in [-0.05, 0) is 42.1 Å². The van der Waals surface area contributed by atoms with Gasteiger partial charge in [-0.15, -0.1) is 0 Å². The number of aryl methyl sites for hydroxylation is 1. The standard InChI is InChI=1S/C21H24ClF3N8O2/c1-2-3-9-31-17-16(28-19(22)29-17)18(34)32(20(31)35)10-4-11-33(30-27)15(26)12-13-5-7-14(8-6-13)21(23,24)25/h5-8,26-27H,2-4,9-12H2,1H3,(H,28,29). The summed E-state index contributed by atoms with van der Waals surface area (Å²) in [5.41, 5.74) is 6.21. The number of nitrogens with zero attached hydrogens (tertiary/aromatic N) is 5. The molecule has 1 aromatic carbocycles. The monoisotopic (exact) mass is 512 g/mol. The summed E-state index contributed by atoms with van der Waals surface area (Å²) in [6.07, 6.45) is -2.76. The zero-order valence-electron chi connectivity index (χ0n) is 18.8. The number of H-pyrrole nitrogens is 1. The molecular weight excluding hydrogens is 489 g/mol. The predicted molar refractivity (Wildman–Crippen MR) is 124 cm³/mol. The Kier molecular flexibility index (Phi) is 8.10. The number of halogens is 4. The lowest BCUT2D eigenvalue weighted by atomic mass is 10.1. The molecule has 188 valence electrons. The van der Waals surface area contributed by atoms with Gasteiger partial charge < -0.3 is 4.98 Å². The van der Waals surface area contributed by atoms with E-state index in [1.54, 1.807) is 0 Å². The first-order chi connectivity index (χ1) is 16.6. The molecule has 35 heavy (non-hydrogen) atoms. The van der Waals surface area contributed by atoms with E-state index >= 15 is 0 Å². The van der Waals surface area contributed by atoms with Crippen LogP contribution in [-0.4, -0.2) is 36.5 Å². The number of aromatic amines is 1. The second-order valence-corrected chi connectivity index (χ2v) is 8.22. The minimum absolute atomic E-state index is 0.00402. The SMILES string of the molecule is CCCCn1c(=O)n(CCCN(N=N)C(=N)Cc2ccc(C(F)(F)F)cc2)c(=O)c2[nH]c(Cl)nc21. The van der Waals surface area contributed by atoms with Gasteiger partial charge in [0, 0.05) is 26.1 Å². The second kappa shape index (κ2) is 10.8. The van der Waals surface area contributed by atoms with Gasteiger partial charge in [0.15, 0.2) is 11.2 Å². The first-order valence-corrected chi connectivity index (χ1v) is 11.2. The normalized spacial score (nSPS) is 11.7. The van der Waals surface area contributed by atoms with Crippen LogP contribution in [0.2, 0.25) is 5.28 Å². The summed E-state index contributed by atoms with van der Waals surface area (Å²) in [7, 11) is 0. The lowest BCUT2D eigenvalue weighted by molar-refractivity contribution is -0.137. The number of hydrogen-bond acceptors (Lipinski definition) is 6. The maximum absolute atomic E-state index is 13.0. The van der Waals surface area contributed by atoms with Crippen molar-refractivity contribution in [2.24, 2.45) is 5.22 Å². The summed E-state index contributed by atoms with van der Waals surface area (Å²) in [4.78, 5) is 32.5. The maximum atomic E-state index is 13.0. The van der Waals surface area contributed by atoms with Crippen LogP contribution in [0.1, 0.15) is 37.3 Å². The Hall–Kier alpha value is -3.48. The Morgan fingerprint density at radius 1 is 1.17 bits per heavy atom. The highest BCUT2D eigenvalue weighted by atomic mass is 35.5. The zero-order chi connectivity index (χ0) is 25.8. The summed E-state index contributed by atoms with van der Waals surface area (Å²) >= 11 is 5.91. The van der Waals surface area contributed by atoms with E-state index < -0.39 is 23.0 Å². The first-order valence-electron chi connectivity index (χ1n) is 10.8. The van der Waals surface area contributed by atoms with Crippen LogP contribution >= 0.6 is 11.6 Å². The number of hydrogen-bond donors (Lipinski definition) is 3. The zero-order valence-corrected chi connectivity index (χ0v) is 19.6. The molecule has 0 spiro atoms. The van der Waals surface area contributed by atoms with Crippen molar-refractivity contribution in [3.63, 3.8) is 0 Å². The van der Waals surface area contributed by atoms with Crippen molar-refractivity contribution in [1.82, 2.24) is 24.1 Å². The van der Waals surface area contributed by atoms with Crippen molar-refractivity contribution >= 4 is 28.6 Å². The van der Waals surface area contributed by atoms with E-state index in [1.807, 2.05) is 6.92 Å². The minimum atomic E-state index is -4.45. The number of unbranched alkanes of at least 4 members (excludes halogenated alkanes) is 1. The van der Waals surface area contributed by atoms with Crippen molar-refractivity contribution in [3.8, 4) is 0 Å². The molecule has 0 aliphatic rings. The molecule has 0 aliphatic heterocycles. The van der Waals surface area contributed by atoms with Crippen LogP contribution < -0.4 is 11.2 Å². The van der Waals surface area contributed by atoms with E-state index in [0.717, 1.165) is 28.1 Å². The summed E-state index contributed by atoms with van der Waals surface area (Å²) in [5, 5.41) is 12.5. The fourth-order valence-electron chi connectivity index (χ4n) is 3.57. The number of benzene rings is 1. The third-order valence-electron chi connectivity index (χ3n) is 5.40. The molecule has 0 atom stereocenters. The molecule has 0 saturated heterocycles. The van der Waals surface area contributed by atoms with E-state index in [-0.39, 0.29) is 48.2 Å². The van der Waals surface area contributed by atoms with Gasteiger partial charge in [0.1, 0.15) is 5.84 Å². The number of rotatable bonds is 10. The fraction of sp³-hybridized carbons (Fsp3) is 0.429. The van der Waals surface area contributed by atoms with Crippen LogP contribution in [0.4, 0.5) is 13.2 Å². The van der Waals surface area contributed by atoms with Gasteiger partial charge in [-0.1, -0.05) is 30.7 Å². The van der Waals surface area contributed by atoms with Gasteiger partial charge in [0.05, 0.1) is 5.56 Å². The van der Waals surface area contributed by atoms with E-state index in [2.05, 4.69) is 15.2 Å². The number of imidazole rings is 1. The molecular formula is C21H24ClF3N8O2. The fourth-order valence-corrected chi connectivity index (χ4v) is 3.75. The van der Waals surface area contributed by atoms with E-state index in [4.69, 9.17) is 22.5 Å². The highest BCUT2D eigenvalue weighted by Crippen LogP contribution is 2.29. The maximum Gasteiger partial charge on any atom is 0.416 e. The average molecular weight is 513 g/mol. The highest BCUT2D eigenvalue weighted by Gasteiger charge is 2.30. The Morgan fingerprint density at radius 2 is 1.83 bits per heavy atom. The van der Waals surface area contributed by atoms with Gasteiger partial charge in [0.25, 0.3) is 5.56 Å². The molecule has 0 unspecified atom stereocenters. The van der Waals surface area contributed by atoms with Crippen molar-refractivity contribution in [1.29, 1.82) is 10.9 Å². The van der Waals surface area contributed by atoms with Crippen LogP contribution in [0.25, 0.3) is 11.2 Å². The Labute approximate surface area is 202 Å². The van der Waals surface area contributed by atoms with Gasteiger partial charge in [-0.25, -0.2) is 9.80 Å². The Morgan fingerprint density at radius 3 is 2.43 bits per heavy atom. The molecule has 0 amide bonds. The molecule has 3 N–H and O–H groups in total.